The summed E-state index contributed by atoms with van der Waals surface area (Å²) in [6.45, 7) is 7.88. The molecule has 3 rings (SSSR count). The van der Waals surface area contributed by atoms with Gasteiger partial charge in [-0.3, -0.25) is 9.69 Å². The van der Waals surface area contributed by atoms with Gasteiger partial charge in [-0.05, 0) is 31.0 Å². The third-order valence-corrected chi connectivity index (χ3v) is 4.75. The number of hydrogen-bond acceptors (Lipinski definition) is 3. The number of carbonyl (C=O) groups excluding carboxylic acids is 1. The summed E-state index contributed by atoms with van der Waals surface area (Å²) in [5.41, 5.74) is 4.16. The lowest BCUT2D eigenvalue weighted by molar-refractivity contribution is 0.0162. The Labute approximate surface area is 149 Å². The van der Waals surface area contributed by atoms with Crippen LogP contribution in [0.1, 0.15) is 33.1 Å². The van der Waals surface area contributed by atoms with Crippen molar-refractivity contribution >= 4 is 5.91 Å². The normalized spacial score (nSPS) is 16.4. The van der Waals surface area contributed by atoms with Crippen LogP contribution in [0.4, 0.5) is 0 Å². The lowest BCUT2D eigenvalue weighted by Crippen LogP contribution is -2.43. The summed E-state index contributed by atoms with van der Waals surface area (Å²) in [5, 5.41) is 3.13. The number of hydrogen-bond donors (Lipinski definition) is 1. The standard InChI is InChI=1S/C21H26N2O2/c1-16-8-9-19(17(2)14-16)21(24)22-15-20(18-6-4-3-5-7-18)23-10-12-25-13-11-23/h3-9,14,20H,10-13,15H2,1-2H3,(H,22,24). The molecule has 1 fully saturated rings. The van der Waals surface area contributed by atoms with Crippen LogP contribution >= 0.6 is 0 Å². The third kappa shape index (κ3) is 4.47. The molecule has 4 nitrogen and oxygen atoms in total. The quantitative estimate of drug-likeness (QED) is 0.911. The smallest absolute Gasteiger partial charge is 0.251 e. The monoisotopic (exact) mass is 338 g/mol. The molecule has 0 saturated carbocycles. The van der Waals surface area contributed by atoms with E-state index in [4.69, 9.17) is 4.74 Å². The van der Waals surface area contributed by atoms with E-state index in [0.717, 1.165) is 37.4 Å². The predicted octanol–water partition coefficient (Wildman–Crippen LogP) is 3.11. The van der Waals surface area contributed by atoms with Crippen molar-refractivity contribution in [2.45, 2.75) is 19.9 Å². The molecule has 4 heteroatoms. The molecular formula is C21H26N2O2. The van der Waals surface area contributed by atoms with Gasteiger partial charge in [0, 0.05) is 25.2 Å². The molecule has 0 aliphatic carbocycles. The van der Waals surface area contributed by atoms with Gasteiger partial charge >= 0.3 is 0 Å². The fourth-order valence-corrected chi connectivity index (χ4v) is 3.38. The molecule has 1 aliphatic heterocycles. The first-order valence-electron chi connectivity index (χ1n) is 8.87. The van der Waals surface area contributed by atoms with Gasteiger partial charge in [0.05, 0.1) is 19.3 Å². The molecule has 25 heavy (non-hydrogen) atoms. The maximum absolute atomic E-state index is 12.6. The molecule has 132 valence electrons. The highest BCUT2D eigenvalue weighted by Gasteiger charge is 2.23. The summed E-state index contributed by atoms with van der Waals surface area (Å²) in [6, 6.07) is 16.5. The van der Waals surface area contributed by atoms with Gasteiger partial charge in [-0.15, -0.1) is 0 Å². The van der Waals surface area contributed by atoms with Crippen molar-refractivity contribution in [1.29, 1.82) is 0 Å². The Balaban J connectivity index is 1.72. The van der Waals surface area contributed by atoms with Gasteiger partial charge in [-0.1, -0.05) is 48.0 Å². The topological polar surface area (TPSA) is 41.6 Å². The summed E-state index contributed by atoms with van der Waals surface area (Å²) >= 11 is 0. The van der Waals surface area contributed by atoms with Gasteiger partial charge in [0.25, 0.3) is 5.91 Å². The van der Waals surface area contributed by atoms with Gasteiger partial charge in [-0.25, -0.2) is 0 Å². The molecule has 1 atom stereocenters. The van der Waals surface area contributed by atoms with Crippen LogP contribution in [0.15, 0.2) is 48.5 Å². The third-order valence-electron chi connectivity index (χ3n) is 4.75. The summed E-state index contributed by atoms with van der Waals surface area (Å²) in [4.78, 5) is 15.0. The van der Waals surface area contributed by atoms with Gasteiger partial charge in [0.2, 0.25) is 0 Å². The zero-order chi connectivity index (χ0) is 17.6. The first-order valence-corrected chi connectivity index (χ1v) is 8.87. The second-order valence-corrected chi connectivity index (χ2v) is 6.60. The molecule has 0 spiro atoms. The minimum Gasteiger partial charge on any atom is -0.379 e. The average Bonchev–Trinajstić information content (AvgIpc) is 2.63. The SMILES string of the molecule is Cc1ccc(C(=O)NCC(c2ccccc2)N2CCOCC2)c(C)c1. The van der Waals surface area contributed by atoms with Crippen LogP contribution in [-0.4, -0.2) is 43.7 Å². The Hall–Kier alpha value is -2.17. The Morgan fingerprint density at radius 3 is 2.52 bits per heavy atom. The minimum absolute atomic E-state index is 0.00769. The van der Waals surface area contributed by atoms with E-state index >= 15 is 0 Å². The van der Waals surface area contributed by atoms with Gasteiger partial charge in [0.1, 0.15) is 0 Å². The number of nitrogens with one attached hydrogen (secondary N) is 1. The summed E-state index contributed by atoms with van der Waals surface area (Å²) in [6.07, 6.45) is 0. The lowest BCUT2D eigenvalue weighted by Gasteiger charge is -2.35. The second kappa shape index (κ2) is 8.28. The summed E-state index contributed by atoms with van der Waals surface area (Å²) in [7, 11) is 0. The van der Waals surface area contributed by atoms with Crippen LogP contribution in [0.2, 0.25) is 0 Å². The number of benzene rings is 2. The molecule has 2 aromatic carbocycles. The van der Waals surface area contributed by atoms with Crippen LogP contribution < -0.4 is 5.32 Å². The average molecular weight is 338 g/mol. The van der Waals surface area contributed by atoms with Gasteiger partial charge in [-0.2, -0.15) is 0 Å². The Morgan fingerprint density at radius 2 is 1.84 bits per heavy atom. The highest BCUT2D eigenvalue weighted by molar-refractivity contribution is 5.95. The highest BCUT2D eigenvalue weighted by Crippen LogP contribution is 2.21. The Kier molecular flexibility index (Phi) is 5.84. The van der Waals surface area contributed by atoms with Crippen molar-refractivity contribution in [3.05, 3.63) is 70.8 Å². The van der Waals surface area contributed by atoms with Crippen LogP contribution in [0.3, 0.4) is 0 Å². The molecule has 0 radical (unpaired) electrons. The van der Waals surface area contributed by atoms with Crippen molar-refractivity contribution in [3.63, 3.8) is 0 Å². The zero-order valence-corrected chi connectivity index (χ0v) is 15.0. The Bertz CT molecular complexity index is 709. The van der Waals surface area contributed by atoms with Crippen molar-refractivity contribution < 1.29 is 9.53 Å². The molecule has 2 aromatic rings. The van der Waals surface area contributed by atoms with E-state index < -0.39 is 0 Å². The molecule has 1 aliphatic rings. The fourth-order valence-electron chi connectivity index (χ4n) is 3.38. The van der Waals surface area contributed by atoms with E-state index in [-0.39, 0.29) is 11.9 Å². The van der Waals surface area contributed by atoms with Gasteiger partial charge < -0.3 is 10.1 Å². The van der Waals surface area contributed by atoms with Gasteiger partial charge in [0.15, 0.2) is 0 Å². The highest BCUT2D eigenvalue weighted by atomic mass is 16.5. The van der Waals surface area contributed by atoms with Crippen molar-refractivity contribution in [3.8, 4) is 0 Å². The van der Waals surface area contributed by atoms with Crippen LogP contribution in [0.5, 0.6) is 0 Å². The van der Waals surface area contributed by atoms with E-state index in [1.165, 1.54) is 11.1 Å². The maximum atomic E-state index is 12.6. The second-order valence-electron chi connectivity index (χ2n) is 6.60. The van der Waals surface area contributed by atoms with E-state index in [1.807, 2.05) is 38.1 Å². The first-order chi connectivity index (χ1) is 12.1. The van der Waals surface area contributed by atoms with E-state index in [1.54, 1.807) is 0 Å². The summed E-state index contributed by atoms with van der Waals surface area (Å²) in [5.74, 6) is -0.00769. The molecule has 1 saturated heterocycles. The molecule has 1 heterocycles. The molecular weight excluding hydrogens is 312 g/mol. The van der Waals surface area contributed by atoms with E-state index in [9.17, 15) is 4.79 Å². The molecule has 0 bridgehead atoms. The summed E-state index contributed by atoms with van der Waals surface area (Å²) < 4.78 is 5.48. The van der Waals surface area contributed by atoms with Crippen molar-refractivity contribution in [2.75, 3.05) is 32.8 Å². The van der Waals surface area contributed by atoms with E-state index in [0.29, 0.717) is 6.54 Å². The lowest BCUT2D eigenvalue weighted by atomic mass is 10.0. The zero-order valence-electron chi connectivity index (χ0n) is 15.0. The van der Waals surface area contributed by atoms with Crippen LogP contribution in [0, 0.1) is 13.8 Å². The number of ether oxygens (including phenoxy) is 1. The number of morpholine rings is 1. The molecule has 0 aromatic heterocycles. The number of carbonyl (C=O) groups is 1. The number of rotatable bonds is 5. The molecule has 1 amide bonds. The maximum Gasteiger partial charge on any atom is 0.251 e. The van der Waals surface area contributed by atoms with Crippen LogP contribution in [-0.2, 0) is 4.74 Å². The van der Waals surface area contributed by atoms with Crippen LogP contribution in [0.25, 0.3) is 0 Å². The van der Waals surface area contributed by atoms with Crippen molar-refractivity contribution in [1.82, 2.24) is 10.2 Å². The predicted molar refractivity (Wildman–Crippen MR) is 99.8 cm³/mol. The van der Waals surface area contributed by atoms with E-state index in [2.05, 4.69) is 34.5 Å². The molecule has 1 unspecified atom stereocenters. The number of nitrogens with zero attached hydrogens (tertiary/aromatic N) is 1. The first kappa shape index (κ1) is 17.6. The Morgan fingerprint density at radius 1 is 1.12 bits per heavy atom. The number of aryl methyl sites for hydroxylation is 2. The fraction of sp³-hybridized carbons (Fsp3) is 0.381. The van der Waals surface area contributed by atoms with Crippen molar-refractivity contribution in [2.24, 2.45) is 0 Å². The largest absolute Gasteiger partial charge is 0.379 e. The molecule has 1 N–H and O–H groups in total. The number of amides is 1. The minimum atomic E-state index is -0.00769.